The first-order valence-electron chi connectivity index (χ1n) is 22.7. The molecule has 12 nitrogen and oxygen atoms in total. The maximum Gasteiger partial charge on any atom is 0.408 e. The van der Waals surface area contributed by atoms with Crippen molar-refractivity contribution in [3.05, 3.63) is 11.6 Å². The molecule has 3 fully saturated rings. The summed E-state index contributed by atoms with van der Waals surface area (Å²) in [5.41, 5.74) is 1.90. The molecule has 0 heterocycles. The van der Waals surface area contributed by atoms with Crippen molar-refractivity contribution in [3.63, 3.8) is 0 Å². The maximum absolute atomic E-state index is 13.4. The minimum atomic E-state index is -4.75. The number of likely N-dealkylation sites (N-methyl/N-ethyl adjacent to an activating group) is 1. The molecule has 12 atom stereocenters. The molecule has 0 spiro atoms. The zero-order valence-electron chi connectivity index (χ0n) is 37.9. The number of methoxy groups -OCH3 is 1. The Morgan fingerprint density at radius 2 is 1.74 bits per heavy atom. The predicted molar refractivity (Wildman–Crippen MR) is 227 cm³/mol. The van der Waals surface area contributed by atoms with Crippen LogP contribution in [0.5, 0.6) is 0 Å². The Bertz CT molecular complexity index is 1410. The van der Waals surface area contributed by atoms with Gasteiger partial charge in [0.1, 0.15) is 25.3 Å². The number of fused-ring (bicyclic) bond motifs is 5. The van der Waals surface area contributed by atoms with E-state index in [-0.39, 0.29) is 30.7 Å². The van der Waals surface area contributed by atoms with Crippen molar-refractivity contribution in [3.8, 4) is 0 Å². The Labute approximate surface area is 351 Å². The van der Waals surface area contributed by atoms with Crippen molar-refractivity contribution in [2.24, 2.45) is 58.2 Å². The molecule has 2 amide bonds. The van der Waals surface area contributed by atoms with Crippen LogP contribution in [0.1, 0.15) is 125 Å². The summed E-state index contributed by atoms with van der Waals surface area (Å²) < 4.78 is 34.4. The van der Waals surface area contributed by atoms with Crippen LogP contribution in [-0.2, 0) is 27.9 Å². The fraction of sp³-hybridized carbons (Fsp3) is 0.911. The third-order valence-corrected chi connectivity index (χ3v) is 15.7. The van der Waals surface area contributed by atoms with Gasteiger partial charge in [0.25, 0.3) is 7.82 Å². The van der Waals surface area contributed by atoms with Gasteiger partial charge in [0.2, 0.25) is 5.91 Å². The molecule has 0 aliphatic heterocycles. The number of alkyl carbamates (subject to hydrolysis) is 1. The SMILES string of the molecule is COCC(CO)CCCCNC(=O)[C@H](COP(=O)([O-])OCC[N+](C)(C)C)NC(=O)O[C@H]1CC[C@@]2(C)C(=CCC3C2CC[C@@]2(C)C3CC[C@@H]2[C@H](C)CC(C)CC(C)C)C1. The van der Waals surface area contributed by atoms with Gasteiger partial charge in [-0.3, -0.25) is 9.36 Å². The first-order valence-corrected chi connectivity index (χ1v) is 24.1. The number of aliphatic hydroxyl groups excluding tert-OH is 1. The molecule has 4 rings (SSSR count). The van der Waals surface area contributed by atoms with E-state index in [9.17, 15) is 24.2 Å². The van der Waals surface area contributed by atoms with Crippen LogP contribution < -0.4 is 15.5 Å². The van der Waals surface area contributed by atoms with Crippen LogP contribution in [0.4, 0.5) is 4.79 Å². The number of rotatable bonds is 23. The number of nitrogens with one attached hydrogen (secondary N) is 2. The Balaban J connectivity index is 1.35. The highest BCUT2D eigenvalue weighted by Crippen LogP contribution is 2.67. The molecule has 6 unspecified atom stereocenters. The number of carbonyl (C=O) groups is 2. The molecule has 0 aromatic carbocycles. The molecule has 0 aromatic heterocycles. The lowest BCUT2D eigenvalue weighted by Gasteiger charge is -2.58. The molecule has 3 saturated carbocycles. The molecule has 336 valence electrons. The smallest absolute Gasteiger partial charge is 0.408 e. The topological polar surface area (TPSA) is 155 Å². The molecular weight excluding hydrogens is 757 g/mol. The van der Waals surface area contributed by atoms with Gasteiger partial charge in [0, 0.05) is 32.6 Å². The van der Waals surface area contributed by atoms with Crippen LogP contribution in [0.3, 0.4) is 0 Å². The van der Waals surface area contributed by atoms with Crippen LogP contribution in [0, 0.1) is 58.2 Å². The number of hydrogen-bond acceptors (Lipinski definition) is 9. The van der Waals surface area contributed by atoms with E-state index in [1.54, 1.807) is 7.11 Å². The lowest BCUT2D eigenvalue weighted by molar-refractivity contribution is -0.870. The summed E-state index contributed by atoms with van der Waals surface area (Å²) in [7, 11) is 2.59. The third-order valence-electron chi connectivity index (χ3n) is 14.8. The number of phosphoric acid groups is 1. The van der Waals surface area contributed by atoms with Gasteiger partial charge >= 0.3 is 6.09 Å². The van der Waals surface area contributed by atoms with Gasteiger partial charge in [-0.1, -0.05) is 59.6 Å². The standard InChI is InChI=1S/C45H82N3O9P/c1-31(2)25-32(3)26-33(4)38-16-17-39-37-15-14-35-27-36(18-20-44(35,5)40(37)19-21-45(38,39)6)57-43(51)47-41(30-56-58(52,53)55-24-23-48(7,8)9)42(50)46-22-12-11-13-34(28-49)29-54-10/h14,31-34,36-41,49H,11-13,15-30H2,1-10H3,(H2-,46,47,50,51,52,53)/t32?,33-,34?,36+,37?,38-,39?,40?,41+,44+,45-/m1/s1. The summed E-state index contributed by atoms with van der Waals surface area (Å²) >= 11 is 0. The van der Waals surface area contributed by atoms with Crippen molar-refractivity contribution in [2.45, 2.75) is 137 Å². The lowest BCUT2D eigenvalue weighted by atomic mass is 9.47. The molecule has 0 saturated heterocycles. The molecule has 0 bridgehead atoms. The number of ether oxygens (including phenoxy) is 2. The summed E-state index contributed by atoms with van der Waals surface area (Å²) in [6.45, 7) is 15.3. The van der Waals surface area contributed by atoms with Gasteiger partial charge in [-0.2, -0.15) is 0 Å². The predicted octanol–water partition coefficient (Wildman–Crippen LogP) is 7.49. The molecule has 4 aliphatic carbocycles. The van der Waals surface area contributed by atoms with Crippen molar-refractivity contribution < 1.29 is 47.2 Å². The average molecular weight is 840 g/mol. The summed E-state index contributed by atoms with van der Waals surface area (Å²) in [5.74, 6) is 4.64. The van der Waals surface area contributed by atoms with Gasteiger partial charge < -0.3 is 43.6 Å². The minimum Gasteiger partial charge on any atom is -0.756 e. The Kier molecular flexibility index (Phi) is 18.2. The second-order valence-electron chi connectivity index (χ2n) is 20.8. The number of quaternary nitrogens is 1. The number of aliphatic hydroxyl groups is 1. The first kappa shape index (κ1) is 49.1. The van der Waals surface area contributed by atoms with Crippen LogP contribution in [0.25, 0.3) is 0 Å². The highest BCUT2D eigenvalue weighted by atomic mass is 31.2. The Hall–Kier alpha value is -1.53. The summed E-state index contributed by atoms with van der Waals surface area (Å²) in [6.07, 6.45) is 14.9. The van der Waals surface area contributed by atoms with Crippen molar-refractivity contribution in [1.29, 1.82) is 0 Å². The van der Waals surface area contributed by atoms with Gasteiger partial charge in [0.15, 0.2) is 0 Å². The molecule has 3 N–H and O–H groups in total. The lowest BCUT2D eigenvalue weighted by Crippen LogP contribution is -2.52. The van der Waals surface area contributed by atoms with E-state index in [2.05, 4.69) is 58.3 Å². The largest absolute Gasteiger partial charge is 0.756 e. The van der Waals surface area contributed by atoms with Crippen LogP contribution >= 0.6 is 7.82 Å². The van der Waals surface area contributed by atoms with Crippen molar-refractivity contribution in [2.75, 3.05) is 67.8 Å². The van der Waals surface area contributed by atoms with E-state index in [4.69, 9.17) is 18.5 Å². The van der Waals surface area contributed by atoms with E-state index in [1.165, 1.54) is 44.1 Å². The highest BCUT2D eigenvalue weighted by molar-refractivity contribution is 7.45. The normalized spacial score (nSPS) is 31.5. The van der Waals surface area contributed by atoms with Gasteiger partial charge in [-0.15, -0.1) is 0 Å². The van der Waals surface area contributed by atoms with E-state index < -0.39 is 32.5 Å². The average Bonchev–Trinajstić information content (AvgIpc) is 3.49. The third kappa shape index (κ3) is 13.5. The van der Waals surface area contributed by atoms with Crippen molar-refractivity contribution in [1.82, 2.24) is 10.6 Å². The summed E-state index contributed by atoms with van der Waals surface area (Å²) in [5, 5.41) is 14.9. The molecule has 0 aromatic rings. The van der Waals surface area contributed by atoms with Crippen molar-refractivity contribution >= 4 is 19.8 Å². The van der Waals surface area contributed by atoms with Gasteiger partial charge in [-0.05, 0) is 123 Å². The number of phosphoric ester groups is 1. The summed E-state index contributed by atoms with van der Waals surface area (Å²) in [6, 6.07) is -1.31. The quantitative estimate of drug-likeness (QED) is 0.0411. The van der Waals surface area contributed by atoms with E-state index in [0.29, 0.717) is 54.3 Å². The van der Waals surface area contributed by atoms with Crippen LogP contribution in [0.15, 0.2) is 11.6 Å². The maximum atomic E-state index is 13.4. The monoisotopic (exact) mass is 840 g/mol. The number of amides is 2. The van der Waals surface area contributed by atoms with Gasteiger partial charge in [-0.25, -0.2) is 4.79 Å². The Morgan fingerprint density at radius 1 is 1.00 bits per heavy atom. The first-order chi connectivity index (χ1) is 27.2. The number of carbonyl (C=O) groups excluding carboxylic acids is 2. The summed E-state index contributed by atoms with van der Waals surface area (Å²) in [4.78, 5) is 39.4. The van der Waals surface area contributed by atoms with Crippen LogP contribution in [-0.4, -0.2) is 102 Å². The fourth-order valence-electron chi connectivity index (χ4n) is 11.9. The highest BCUT2D eigenvalue weighted by Gasteiger charge is 2.59. The Morgan fingerprint density at radius 3 is 2.41 bits per heavy atom. The molecule has 4 aliphatic rings. The van der Waals surface area contributed by atoms with Gasteiger partial charge in [0.05, 0.1) is 34.4 Å². The molecular formula is C45H82N3O9P. The second-order valence-corrected chi connectivity index (χ2v) is 22.2. The minimum absolute atomic E-state index is 0.0192. The van der Waals surface area contributed by atoms with E-state index >= 15 is 0 Å². The molecule has 13 heteroatoms. The molecule has 58 heavy (non-hydrogen) atoms. The van der Waals surface area contributed by atoms with E-state index in [1.807, 2.05) is 21.1 Å². The zero-order valence-corrected chi connectivity index (χ0v) is 38.8. The van der Waals surface area contributed by atoms with Crippen LogP contribution in [0.2, 0.25) is 0 Å². The molecule has 0 radical (unpaired) electrons. The second kappa shape index (κ2) is 21.5. The zero-order chi connectivity index (χ0) is 42.9. The number of unbranched alkanes of at least 4 members (excludes halogenated alkanes) is 1. The number of allylic oxidation sites excluding steroid dienone is 1. The number of nitrogens with zero attached hydrogens (tertiary/aromatic N) is 1. The number of hydrogen-bond donors (Lipinski definition) is 3. The van der Waals surface area contributed by atoms with E-state index in [0.717, 1.165) is 61.7 Å². The fourth-order valence-corrected chi connectivity index (χ4v) is 12.6.